The first kappa shape index (κ1) is 13.5. The standard InChI is InChI=1S/C14H16BrFO2/c15-12-3-1-2-4-13(12)18-14(17)9-10-5-7-11(16)8-6-10/h5-8,12-13H,1-4,9H2/t12-,13-/m1/s1. The summed E-state index contributed by atoms with van der Waals surface area (Å²) in [4.78, 5) is 12.0. The van der Waals surface area contributed by atoms with Gasteiger partial charge in [0.2, 0.25) is 0 Å². The summed E-state index contributed by atoms with van der Waals surface area (Å²) in [5, 5.41) is 0. The fraction of sp³-hybridized carbons (Fsp3) is 0.500. The van der Waals surface area contributed by atoms with Gasteiger partial charge in [0, 0.05) is 0 Å². The Bertz CT molecular complexity index is 405. The Labute approximate surface area is 115 Å². The number of ether oxygens (including phenoxy) is 1. The van der Waals surface area contributed by atoms with E-state index in [-0.39, 0.29) is 29.1 Å². The second-order valence-corrected chi connectivity index (χ2v) is 5.81. The van der Waals surface area contributed by atoms with Crippen LogP contribution in [0.1, 0.15) is 31.2 Å². The first-order chi connectivity index (χ1) is 8.65. The van der Waals surface area contributed by atoms with Crippen LogP contribution in [0.3, 0.4) is 0 Å². The Hall–Kier alpha value is -0.900. The number of halogens is 2. The minimum absolute atomic E-state index is 0.0216. The van der Waals surface area contributed by atoms with E-state index in [0.29, 0.717) is 0 Å². The third-order valence-corrected chi connectivity index (χ3v) is 4.21. The zero-order valence-electron chi connectivity index (χ0n) is 10.1. The van der Waals surface area contributed by atoms with Crippen LogP contribution in [0.2, 0.25) is 0 Å². The maximum Gasteiger partial charge on any atom is 0.310 e. The van der Waals surface area contributed by atoms with Crippen molar-refractivity contribution in [3.8, 4) is 0 Å². The van der Waals surface area contributed by atoms with Crippen molar-refractivity contribution >= 4 is 21.9 Å². The largest absolute Gasteiger partial charge is 0.461 e. The van der Waals surface area contributed by atoms with E-state index in [2.05, 4.69) is 15.9 Å². The van der Waals surface area contributed by atoms with Gasteiger partial charge in [-0.1, -0.05) is 34.5 Å². The molecule has 18 heavy (non-hydrogen) atoms. The van der Waals surface area contributed by atoms with Gasteiger partial charge >= 0.3 is 5.97 Å². The number of benzene rings is 1. The van der Waals surface area contributed by atoms with Gasteiger partial charge in [-0.25, -0.2) is 4.39 Å². The lowest BCUT2D eigenvalue weighted by atomic mass is 9.97. The average molecular weight is 315 g/mol. The Morgan fingerprint density at radius 2 is 1.94 bits per heavy atom. The predicted octanol–water partition coefficient (Wildman–Crippen LogP) is 3.62. The van der Waals surface area contributed by atoms with Crippen molar-refractivity contribution in [2.75, 3.05) is 0 Å². The van der Waals surface area contributed by atoms with Crippen LogP contribution in [0, 0.1) is 5.82 Å². The second kappa shape index (κ2) is 6.32. The van der Waals surface area contributed by atoms with Crippen LogP contribution in [0.25, 0.3) is 0 Å². The summed E-state index contributed by atoms with van der Waals surface area (Å²) in [5.41, 5.74) is 0.781. The molecule has 0 unspecified atom stereocenters. The van der Waals surface area contributed by atoms with E-state index in [1.165, 1.54) is 18.6 Å². The highest BCUT2D eigenvalue weighted by atomic mass is 79.9. The highest BCUT2D eigenvalue weighted by molar-refractivity contribution is 9.09. The highest BCUT2D eigenvalue weighted by Gasteiger charge is 2.26. The Kier molecular flexibility index (Phi) is 4.75. The molecule has 1 aromatic carbocycles. The minimum Gasteiger partial charge on any atom is -0.461 e. The van der Waals surface area contributed by atoms with Crippen molar-refractivity contribution < 1.29 is 13.9 Å². The lowest BCUT2D eigenvalue weighted by Gasteiger charge is -2.27. The molecular weight excluding hydrogens is 299 g/mol. The highest BCUT2D eigenvalue weighted by Crippen LogP contribution is 2.27. The summed E-state index contributed by atoms with van der Waals surface area (Å²) >= 11 is 3.55. The van der Waals surface area contributed by atoms with Crippen molar-refractivity contribution in [1.82, 2.24) is 0 Å². The molecular formula is C14H16BrFO2. The Balaban J connectivity index is 1.86. The van der Waals surface area contributed by atoms with E-state index in [4.69, 9.17) is 4.74 Å². The summed E-state index contributed by atoms with van der Waals surface area (Å²) in [6.07, 6.45) is 4.45. The Morgan fingerprint density at radius 3 is 2.61 bits per heavy atom. The molecule has 0 bridgehead atoms. The molecule has 1 saturated carbocycles. The molecule has 1 aliphatic rings. The minimum atomic E-state index is -0.292. The molecule has 0 N–H and O–H groups in total. The fourth-order valence-corrected chi connectivity index (χ4v) is 2.86. The first-order valence-corrected chi connectivity index (χ1v) is 7.15. The van der Waals surface area contributed by atoms with Gasteiger partial charge in [0.1, 0.15) is 11.9 Å². The van der Waals surface area contributed by atoms with Crippen LogP contribution < -0.4 is 0 Å². The average Bonchev–Trinajstić information content (AvgIpc) is 2.35. The van der Waals surface area contributed by atoms with E-state index < -0.39 is 0 Å². The molecule has 0 amide bonds. The molecule has 1 fully saturated rings. The molecule has 0 spiro atoms. The maximum absolute atomic E-state index is 12.7. The summed E-state index contributed by atoms with van der Waals surface area (Å²) in [5.74, 6) is -0.530. The normalized spacial score (nSPS) is 23.7. The molecule has 1 aromatic rings. The number of carbonyl (C=O) groups excluding carboxylic acids is 1. The lowest BCUT2D eigenvalue weighted by Crippen LogP contribution is -2.30. The summed E-state index contributed by atoms with van der Waals surface area (Å²) in [6, 6.07) is 5.94. The van der Waals surface area contributed by atoms with Gasteiger partial charge in [-0.2, -0.15) is 0 Å². The molecule has 0 saturated heterocycles. The number of carbonyl (C=O) groups is 1. The predicted molar refractivity (Wildman–Crippen MR) is 71.2 cm³/mol. The zero-order valence-corrected chi connectivity index (χ0v) is 11.7. The van der Waals surface area contributed by atoms with Crippen LogP contribution in [-0.4, -0.2) is 16.9 Å². The van der Waals surface area contributed by atoms with Crippen LogP contribution in [0.4, 0.5) is 4.39 Å². The number of esters is 1. The fourth-order valence-electron chi connectivity index (χ4n) is 2.16. The molecule has 4 heteroatoms. The van der Waals surface area contributed by atoms with Crippen molar-refractivity contribution in [3.63, 3.8) is 0 Å². The van der Waals surface area contributed by atoms with Crippen LogP contribution in [0.5, 0.6) is 0 Å². The van der Waals surface area contributed by atoms with Crippen LogP contribution in [-0.2, 0) is 16.0 Å². The zero-order chi connectivity index (χ0) is 13.0. The van der Waals surface area contributed by atoms with Crippen molar-refractivity contribution in [2.24, 2.45) is 0 Å². The Morgan fingerprint density at radius 1 is 1.28 bits per heavy atom. The van der Waals surface area contributed by atoms with Gasteiger partial charge in [-0.05, 0) is 37.0 Å². The molecule has 0 aliphatic heterocycles. The van der Waals surface area contributed by atoms with E-state index >= 15 is 0 Å². The van der Waals surface area contributed by atoms with E-state index in [1.54, 1.807) is 12.1 Å². The number of hydrogen-bond donors (Lipinski definition) is 0. The molecule has 2 nitrogen and oxygen atoms in total. The summed E-state index contributed by atoms with van der Waals surface area (Å²) in [7, 11) is 0. The van der Waals surface area contributed by atoms with E-state index in [9.17, 15) is 9.18 Å². The van der Waals surface area contributed by atoms with Gasteiger partial charge < -0.3 is 4.74 Å². The van der Waals surface area contributed by atoms with Crippen molar-refractivity contribution in [3.05, 3.63) is 35.6 Å². The SMILES string of the molecule is O=C(Cc1ccc(F)cc1)O[C@@H]1CCCC[C@H]1Br. The number of hydrogen-bond acceptors (Lipinski definition) is 2. The quantitative estimate of drug-likeness (QED) is 0.629. The number of rotatable bonds is 3. The van der Waals surface area contributed by atoms with Gasteiger partial charge in [-0.15, -0.1) is 0 Å². The summed E-state index contributed by atoms with van der Waals surface area (Å²) in [6.45, 7) is 0. The van der Waals surface area contributed by atoms with E-state index in [0.717, 1.165) is 24.8 Å². The molecule has 0 aromatic heterocycles. The number of alkyl halides is 1. The van der Waals surface area contributed by atoms with Gasteiger partial charge in [0.15, 0.2) is 0 Å². The molecule has 2 rings (SSSR count). The molecule has 2 atom stereocenters. The van der Waals surface area contributed by atoms with Crippen molar-refractivity contribution in [1.29, 1.82) is 0 Å². The first-order valence-electron chi connectivity index (χ1n) is 6.23. The third kappa shape index (κ3) is 3.80. The molecule has 1 aliphatic carbocycles. The van der Waals surface area contributed by atoms with Gasteiger partial charge in [0.05, 0.1) is 11.2 Å². The second-order valence-electron chi connectivity index (χ2n) is 4.63. The van der Waals surface area contributed by atoms with Crippen LogP contribution >= 0.6 is 15.9 Å². The molecule has 0 heterocycles. The lowest BCUT2D eigenvalue weighted by molar-refractivity contribution is -0.149. The topological polar surface area (TPSA) is 26.3 Å². The third-order valence-electron chi connectivity index (χ3n) is 3.17. The molecule has 0 radical (unpaired) electrons. The van der Waals surface area contributed by atoms with Crippen molar-refractivity contribution in [2.45, 2.75) is 43.0 Å². The maximum atomic E-state index is 12.7. The molecule has 98 valence electrons. The monoisotopic (exact) mass is 314 g/mol. The van der Waals surface area contributed by atoms with Crippen LogP contribution in [0.15, 0.2) is 24.3 Å². The smallest absolute Gasteiger partial charge is 0.310 e. The van der Waals surface area contributed by atoms with E-state index in [1.807, 2.05) is 0 Å². The van der Waals surface area contributed by atoms with Gasteiger partial charge in [0.25, 0.3) is 0 Å². The van der Waals surface area contributed by atoms with Gasteiger partial charge in [-0.3, -0.25) is 4.79 Å². The summed E-state index contributed by atoms with van der Waals surface area (Å²) < 4.78 is 18.2.